The summed E-state index contributed by atoms with van der Waals surface area (Å²) in [7, 11) is 0. The number of fused-ring (bicyclic) bond motifs is 2. The molecular weight excluding hydrogens is 486 g/mol. The quantitative estimate of drug-likeness (QED) is 0.197. The number of nitrogens with zero attached hydrogens (tertiary/aromatic N) is 3. The average molecular weight is 539 g/mol. The highest BCUT2D eigenvalue weighted by Gasteiger charge is 2.39. The first kappa shape index (κ1) is 29.9. The van der Waals surface area contributed by atoms with E-state index in [2.05, 4.69) is 117 Å². The Morgan fingerprint density at radius 3 is 1.65 bits per heavy atom. The highest BCUT2D eigenvalue weighted by molar-refractivity contribution is 5.90. The summed E-state index contributed by atoms with van der Waals surface area (Å²) in [4.78, 5) is 7.63. The minimum Gasteiger partial charge on any atom is -0.372 e. The molecule has 0 radical (unpaired) electrons. The van der Waals surface area contributed by atoms with Crippen LogP contribution in [0.25, 0.3) is 5.57 Å². The van der Waals surface area contributed by atoms with E-state index in [4.69, 9.17) is 0 Å². The fraction of sp³-hybridized carbons (Fsp3) is 0.514. The molecule has 0 saturated carbocycles. The lowest BCUT2D eigenvalue weighted by molar-refractivity contribution is 0.354. The molecule has 40 heavy (non-hydrogen) atoms. The number of allylic oxidation sites excluding steroid dienone is 5. The van der Waals surface area contributed by atoms with E-state index in [1.54, 1.807) is 0 Å². The lowest BCUT2D eigenvalue weighted by atomic mass is 9.87. The van der Waals surface area contributed by atoms with Crippen LogP contribution in [0.4, 0.5) is 11.4 Å². The molecule has 4 rings (SSSR count). The van der Waals surface area contributed by atoms with E-state index in [-0.39, 0.29) is 5.92 Å². The molecule has 0 aliphatic heterocycles. The van der Waals surface area contributed by atoms with Crippen LogP contribution in [0.5, 0.6) is 0 Å². The van der Waals surface area contributed by atoms with E-state index >= 15 is 0 Å². The molecule has 0 bridgehead atoms. The molecule has 3 nitrogen and oxygen atoms in total. The molecule has 1 atom stereocenters. The smallest absolute Gasteiger partial charge is 0.149 e. The molecule has 0 aromatic heterocycles. The van der Waals surface area contributed by atoms with Crippen molar-refractivity contribution in [2.24, 2.45) is 0 Å². The van der Waals surface area contributed by atoms with Crippen LogP contribution in [0.2, 0.25) is 0 Å². The second-order valence-electron chi connectivity index (χ2n) is 11.4. The standard InChI is InChI=1S/C37H52N3/c1-7-21-38(22-8-2)30-15-13-29(14-16-30)37-33-19-17-31(39(23-9-3)24-10-4)27-35(33)36-28-32(18-20-34(36)37)40(25-11-5)26-12-6/h13-19,27-28,37H,7-12,21-26H2,1-6H3/q+1. The molecule has 0 fully saturated rings. The van der Waals surface area contributed by atoms with Crippen LogP contribution in [-0.2, 0) is 0 Å². The molecule has 214 valence electrons. The average Bonchev–Trinajstić information content (AvgIpc) is 3.30. The van der Waals surface area contributed by atoms with E-state index in [0.29, 0.717) is 0 Å². The van der Waals surface area contributed by atoms with Gasteiger partial charge in [-0.1, -0.05) is 59.7 Å². The predicted molar refractivity (Wildman–Crippen MR) is 175 cm³/mol. The summed E-state index contributed by atoms with van der Waals surface area (Å²) in [6.07, 6.45) is 15.5. The first-order valence-corrected chi connectivity index (χ1v) is 16.1. The molecule has 0 amide bonds. The van der Waals surface area contributed by atoms with Crippen molar-refractivity contribution in [3.8, 4) is 0 Å². The molecule has 2 aromatic carbocycles. The zero-order valence-electron chi connectivity index (χ0n) is 26.1. The van der Waals surface area contributed by atoms with Crippen LogP contribution in [0.1, 0.15) is 103 Å². The molecule has 2 aromatic rings. The van der Waals surface area contributed by atoms with Crippen molar-refractivity contribution in [1.29, 1.82) is 0 Å². The number of benzene rings is 2. The fourth-order valence-corrected chi connectivity index (χ4v) is 6.48. The maximum absolute atomic E-state index is 3.82. The normalized spacial score (nSPS) is 15.4. The van der Waals surface area contributed by atoms with Gasteiger partial charge in [0.15, 0.2) is 0 Å². The highest BCUT2D eigenvalue weighted by Crippen LogP contribution is 2.49. The van der Waals surface area contributed by atoms with Crippen LogP contribution in [0, 0.1) is 6.08 Å². The van der Waals surface area contributed by atoms with E-state index in [9.17, 15) is 0 Å². The van der Waals surface area contributed by atoms with Crippen LogP contribution >= 0.6 is 0 Å². The predicted octanol–water partition coefficient (Wildman–Crippen LogP) is 9.22. The van der Waals surface area contributed by atoms with Crippen molar-refractivity contribution in [1.82, 2.24) is 4.90 Å². The maximum atomic E-state index is 3.82. The third-order valence-electron chi connectivity index (χ3n) is 8.17. The Kier molecular flexibility index (Phi) is 10.9. The van der Waals surface area contributed by atoms with Crippen molar-refractivity contribution in [2.45, 2.75) is 86.0 Å². The van der Waals surface area contributed by atoms with E-state index in [1.807, 2.05) is 0 Å². The molecule has 2 aliphatic carbocycles. The third kappa shape index (κ3) is 6.47. The van der Waals surface area contributed by atoms with Gasteiger partial charge in [0.25, 0.3) is 0 Å². The summed E-state index contributed by atoms with van der Waals surface area (Å²) >= 11 is 0. The van der Waals surface area contributed by atoms with Crippen molar-refractivity contribution in [3.05, 3.63) is 88.7 Å². The van der Waals surface area contributed by atoms with E-state index in [0.717, 1.165) is 65.0 Å². The molecule has 3 heteroatoms. The van der Waals surface area contributed by atoms with Gasteiger partial charge in [0.1, 0.15) is 17.3 Å². The first-order valence-electron chi connectivity index (χ1n) is 16.1. The highest BCUT2D eigenvalue weighted by atomic mass is 15.1. The van der Waals surface area contributed by atoms with Gasteiger partial charge in [-0.3, -0.25) is 0 Å². The lowest BCUT2D eigenvalue weighted by Crippen LogP contribution is -2.25. The summed E-state index contributed by atoms with van der Waals surface area (Å²) in [5, 5.41) is 0. The Labute approximate surface area is 245 Å². The van der Waals surface area contributed by atoms with Crippen LogP contribution in [0.15, 0.2) is 65.9 Å². The minimum absolute atomic E-state index is 0.226. The van der Waals surface area contributed by atoms with Gasteiger partial charge >= 0.3 is 0 Å². The Morgan fingerprint density at radius 2 is 1.10 bits per heavy atom. The van der Waals surface area contributed by atoms with Crippen LogP contribution in [-0.4, -0.2) is 44.2 Å². The van der Waals surface area contributed by atoms with Gasteiger partial charge in [-0.15, -0.1) is 0 Å². The van der Waals surface area contributed by atoms with E-state index in [1.165, 1.54) is 57.8 Å². The Balaban J connectivity index is 1.78. The largest absolute Gasteiger partial charge is 0.372 e. The fourth-order valence-electron chi connectivity index (χ4n) is 6.48. The number of anilines is 2. The molecular formula is C37H52N3+. The van der Waals surface area contributed by atoms with E-state index < -0.39 is 0 Å². The first-order chi connectivity index (χ1) is 19.6. The zero-order valence-corrected chi connectivity index (χ0v) is 26.1. The maximum Gasteiger partial charge on any atom is 0.149 e. The van der Waals surface area contributed by atoms with Gasteiger partial charge < -0.3 is 14.7 Å². The Bertz CT molecular complexity index is 1170. The molecule has 2 aliphatic rings. The van der Waals surface area contributed by atoms with Crippen molar-refractivity contribution < 1.29 is 0 Å². The van der Waals surface area contributed by atoms with Gasteiger partial charge in [0.2, 0.25) is 0 Å². The van der Waals surface area contributed by atoms with Crippen LogP contribution in [0.3, 0.4) is 0 Å². The summed E-state index contributed by atoms with van der Waals surface area (Å²) in [6.45, 7) is 20.3. The molecule has 0 N–H and O–H groups in total. The van der Waals surface area contributed by atoms with Crippen molar-refractivity contribution >= 4 is 16.9 Å². The number of hydrogen-bond donors (Lipinski definition) is 0. The topological polar surface area (TPSA) is 9.72 Å². The van der Waals surface area contributed by atoms with Gasteiger partial charge in [0, 0.05) is 62.3 Å². The summed E-state index contributed by atoms with van der Waals surface area (Å²) in [5.41, 5.74) is 10.9. The minimum atomic E-state index is 0.226. The van der Waals surface area contributed by atoms with Crippen LogP contribution < -0.4 is 9.80 Å². The zero-order chi connectivity index (χ0) is 28.5. The summed E-state index contributed by atoms with van der Waals surface area (Å²) < 4.78 is 0. The molecule has 0 spiro atoms. The van der Waals surface area contributed by atoms with Crippen molar-refractivity contribution in [2.75, 3.05) is 49.1 Å². The van der Waals surface area contributed by atoms with Gasteiger partial charge in [0.05, 0.1) is 17.6 Å². The third-order valence-corrected chi connectivity index (χ3v) is 8.17. The monoisotopic (exact) mass is 538 g/mol. The molecule has 0 saturated heterocycles. The second-order valence-corrected chi connectivity index (χ2v) is 11.4. The lowest BCUT2D eigenvalue weighted by Gasteiger charge is -2.25. The number of rotatable bonds is 16. The SMILES string of the molecule is CCCN(CCC)C1=CC2=C([C+]=C1)C(c1ccc(N(CCC)CCC)cc1)c1ccc(N(CCC)CCC)cc12. The van der Waals surface area contributed by atoms with Gasteiger partial charge in [-0.2, -0.15) is 0 Å². The van der Waals surface area contributed by atoms with Crippen molar-refractivity contribution in [3.63, 3.8) is 0 Å². The molecule has 1 unspecified atom stereocenters. The van der Waals surface area contributed by atoms with Gasteiger partial charge in [-0.25, -0.2) is 0 Å². The Morgan fingerprint density at radius 1 is 0.600 bits per heavy atom. The summed E-state index contributed by atoms with van der Waals surface area (Å²) in [5.74, 6) is 0.226. The molecule has 0 heterocycles. The van der Waals surface area contributed by atoms with Gasteiger partial charge in [-0.05, 0) is 73.9 Å². The Hall–Kier alpha value is -3.03. The second kappa shape index (κ2) is 14.6. The number of hydrogen-bond acceptors (Lipinski definition) is 3. The summed E-state index contributed by atoms with van der Waals surface area (Å²) in [6, 6.07) is 16.7.